The van der Waals surface area contributed by atoms with Gasteiger partial charge in [0, 0.05) is 6.54 Å². The molecule has 2 heteroatoms. The van der Waals surface area contributed by atoms with Crippen LogP contribution in [0, 0.1) is 6.92 Å². The number of aryl methyl sites for hydroxylation is 1. The van der Waals surface area contributed by atoms with Crippen LogP contribution < -0.4 is 10.1 Å². The molecule has 0 unspecified atom stereocenters. The number of unbranched alkanes of at least 4 members (excludes halogenated alkanes) is 2. The zero-order chi connectivity index (χ0) is 14.1. The molecule has 0 saturated heterocycles. The summed E-state index contributed by atoms with van der Waals surface area (Å²) in [7, 11) is 0. The second kappa shape index (κ2) is 8.98. The Morgan fingerprint density at radius 1 is 1.16 bits per heavy atom. The van der Waals surface area contributed by atoms with E-state index in [0.29, 0.717) is 5.92 Å². The number of benzene rings is 1. The van der Waals surface area contributed by atoms with Crippen molar-refractivity contribution < 1.29 is 4.74 Å². The lowest BCUT2D eigenvalue weighted by Crippen LogP contribution is -2.22. The first kappa shape index (κ1) is 16.0. The van der Waals surface area contributed by atoms with Crippen LogP contribution in [-0.2, 0) is 0 Å². The Labute approximate surface area is 118 Å². The third-order valence-corrected chi connectivity index (χ3v) is 3.37. The largest absolute Gasteiger partial charge is 0.492 e. The molecular weight excluding hydrogens is 234 g/mol. The first-order valence-electron chi connectivity index (χ1n) is 7.59. The standard InChI is InChI=1S/C17H29NO/c1-5-6-7-10-18-11-12-19-16-8-9-17(14(2)3)15(4)13-16/h8-9,13-14,18H,5-7,10-12H2,1-4H3. The molecule has 0 aliphatic carbocycles. The van der Waals surface area contributed by atoms with Gasteiger partial charge in [0.15, 0.2) is 0 Å². The van der Waals surface area contributed by atoms with Crippen LogP contribution in [0.3, 0.4) is 0 Å². The maximum atomic E-state index is 5.77. The number of nitrogens with one attached hydrogen (secondary N) is 1. The third kappa shape index (κ3) is 6.11. The van der Waals surface area contributed by atoms with Crippen LogP contribution in [0.4, 0.5) is 0 Å². The number of ether oxygens (including phenoxy) is 1. The molecule has 1 N–H and O–H groups in total. The average molecular weight is 263 g/mol. The van der Waals surface area contributed by atoms with Gasteiger partial charge in [-0.2, -0.15) is 0 Å². The summed E-state index contributed by atoms with van der Waals surface area (Å²) in [5.74, 6) is 1.56. The minimum atomic E-state index is 0.578. The van der Waals surface area contributed by atoms with Crippen LogP contribution in [0.2, 0.25) is 0 Å². The van der Waals surface area contributed by atoms with E-state index in [1.165, 1.54) is 30.4 Å². The summed E-state index contributed by atoms with van der Waals surface area (Å²) >= 11 is 0. The van der Waals surface area contributed by atoms with E-state index >= 15 is 0 Å². The fourth-order valence-electron chi connectivity index (χ4n) is 2.25. The molecule has 0 radical (unpaired) electrons. The van der Waals surface area contributed by atoms with Gasteiger partial charge in [-0.25, -0.2) is 0 Å². The maximum absolute atomic E-state index is 5.77. The summed E-state index contributed by atoms with van der Waals surface area (Å²) in [6, 6.07) is 6.41. The van der Waals surface area contributed by atoms with E-state index in [1.54, 1.807) is 0 Å². The van der Waals surface area contributed by atoms with Gasteiger partial charge in [0.1, 0.15) is 12.4 Å². The molecule has 0 aliphatic rings. The molecule has 0 atom stereocenters. The molecule has 1 aromatic rings. The highest BCUT2D eigenvalue weighted by molar-refractivity contribution is 5.36. The van der Waals surface area contributed by atoms with Gasteiger partial charge in [0.2, 0.25) is 0 Å². The second-order valence-corrected chi connectivity index (χ2v) is 5.48. The topological polar surface area (TPSA) is 21.3 Å². The van der Waals surface area contributed by atoms with E-state index in [4.69, 9.17) is 4.74 Å². The zero-order valence-corrected chi connectivity index (χ0v) is 13.0. The molecule has 0 saturated carbocycles. The quantitative estimate of drug-likeness (QED) is 0.672. The number of hydrogen-bond acceptors (Lipinski definition) is 2. The highest BCUT2D eigenvalue weighted by atomic mass is 16.5. The van der Waals surface area contributed by atoms with Crippen molar-refractivity contribution in [2.75, 3.05) is 19.7 Å². The first-order valence-corrected chi connectivity index (χ1v) is 7.59. The van der Waals surface area contributed by atoms with E-state index in [0.717, 1.165) is 25.4 Å². The van der Waals surface area contributed by atoms with Gasteiger partial charge in [-0.3, -0.25) is 0 Å². The van der Waals surface area contributed by atoms with Gasteiger partial charge in [-0.05, 0) is 49.1 Å². The SMILES string of the molecule is CCCCCNCCOc1ccc(C(C)C)c(C)c1. The molecule has 0 aliphatic heterocycles. The summed E-state index contributed by atoms with van der Waals surface area (Å²) < 4.78 is 5.77. The van der Waals surface area contributed by atoms with Gasteiger partial charge < -0.3 is 10.1 Å². The van der Waals surface area contributed by atoms with Crippen molar-refractivity contribution >= 4 is 0 Å². The van der Waals surface area contributed by atoms with E-state index in [-0.39, 0.29) is 0 Å². The lowest BCUT2D eigenvalue weighted by Gasteiger charge is -2.12. The van der Waals surface area contributed by atoms with Gasteiger partial charge in [-0.15, -0.1) is 0 Å². The molecule has 0 spiro atoms. The van der Waals surface area contributed by atoms with Gasteiger partial charge in [0.25, 0.3) is 0 Å². The number of rotatable bonds is 9. The molecular formula is C17H29NO. The molecule has 1 rings (SSSR count). The smallest absolute Gasteiger partial charge is 0.119 e. The Hall–Kier alpha value is -1.02. The summed E-state index contributed by atoms with van der Waals surface area (Å²) in [4.78, 5) is 0. The molecule has 0 aromatic heterocycles. The van der Waals surface area contributed by atoms with Crippen LogP contribution in [0.5, 0.6) is 5.75 Å². The van der Waals surface area contributed by atoms with Gasteiger partial charge in [-0.1, -0.05) is 39.7 Å². The van der Waals surface area contributed by atoms with Gasteiger partial charge in [0.05, 0.1) is 0 Å². The molecule has 19 heavy (non-hydrogen) atoms. The molecule has 0 heterocycles. The van der Waals surface area contributed by atoms with E-state index in [2.05, 4.69) is 51.2 Å². The van der Waals surface area contributed by atoms with E-state index in [9.17, 15) is 0 Å². The van der Waals surface area contributed by atoms with Crippen molar-refractivity contribution in [2.45, 2.75) is 52.9 Å². The number of hydrogen-bond donors (Lipinski definition) is 1. The summed E-state index contributed by atoms with van der Waals surface area (Å²) in [5.41, 5.74) is 2.73. The Balaban J connectivity index is 2.25. The lowest BCUT2D eigenvalue weighted by atomic mass is 9.98. The van der Waals surface area contributed by atoms with E-state index < -0.39 is 0 Å². The Bertz CT molecular complexity index is 360. The minimum absolute atomic E-state index is 0.578. The highest BCUT2D eigenvalue weighted by Crippen LogP contribution is 2.23. The van der Waals surface area contributed by atoms with Crippen LogP contribution in [0.25, 0.3) is 0 Å². The van der Waals surface area contributed by atoms with E-state index in [1.807, 2.05) is 0 Å². The minimum Gasteiger partial charge on any atom is -0.492 e. The predicted octanol–water partition coefficient (Wildman–Crippen LogP) is 4.28. The van der Waals surface area contributed by atoms with Crippen molar-refractivity contribution in [3.63, 3.8) is 0 Å². The Morgan fingerprint density at radius 3 is 2.58 bits per heavy atom. The summed E-state index contributed by atoms with van der Waals surface area (Å²) in [5, 5.41) is 3.41. The maximum Gasteiger partial charge on any atom is 0.119 e. The van der Waals surface area contributed by atoms with Crippen molar-refractivity contribution in [1.82, 2.24) is 5.32 Å². The van der Waals surface area contributed by atoms with Crippen molar-refractivity contribution in [2.24, 2.45) is 0 Å². The predicted molar refractivity (Wildman–Crippen MR) is 83.2 cm³/mol. The highest BCUT2D eigenvalue weighted by Gasteiger charge is 2.04. The normalized spacial score (nSPS) is 11.0. The van der Waals surface area contributed by atoms with Crippen molar-refractivity contribution in [3.05, 3.63) is 29.3 Å². The average Bonchev–Trinajstić information content (AvgIpc) is 2.37. The summed E-state index contributed by atoms with van der Waals surface area (Å²) in [6.07, 6.45) is 3.85. The molecule has 1 aromatic carbocycles. The monoisotopic (exact) mass is 263 g/mol. The third-order valence-electron chi connectivity index (χ3n) is 3.37. The first-order chi connectivity index (χ1) is 9.15. The zero-order valence-electron chi connectivity index (χ0n) is 13.0. The molecule has 0 fully saturated rings. The molecule has 0 bridgehead atoms. The van der Waals surface area contributed by atoms with Crippen LogP contribution >= 0.6 is 0 Å². The summed E-state index contributed by atoms with van der Waals surface area (Å²) in [6.45, 7) is 11.6. The van der Waals surface area contributed by atoms with Crippen molar-refractivity contribution in [1.29, 1.82) is 0 Å². The van der Waals surface area contributed by atoms with Crippen LogP contribution in [-0.4, -0.2) is 19.7 Å². The van der Waals surface area contributed by atoms with Crippen LogP contribution in [0.15, 0.2) is 18.2 Å². The Morgan fingerprint density at radius 2 is 1.95 bits per heavy atom. The van der Waals surface area contributed by atoms with Crippen LogP contribution in [0.1, 0.15) is 57.1 Å². The molecule has 2 nitrogen and oxygen atoms in total. The fraction of sp³-hybridized carbons (Fsp3) is 0.647. The molecule has 0 amide bonds. The fourth-order valence-corrected chi connectivity index (χ4v) is 2.25. The van der Waals surface area contributed by atoms with Crippen molar-refractivity contribution in [3.8, 4) is 5.75 Å². The Kier molecular flexibility index (Phi) is 7.57. The molecule has 108 valence electrons. The van der Waals surface area contributed by atoms with Gasteiger partial charge >= 0.3 is 0 Å². The second-order valence-electron chi connectivity index (χ2n) is 5.48. The lowest BCUT2D eigenvalue weighted by molar-refractivity contribution is 0.313.